The van der Waals surface area contributed by atoms with E-state index in [1.807, 2.05) is 18.2 Å². The maximum atomic E-state index is 10.8. The predicted octanol–water partition coefficient (Wildman–Crippen LogP) is 3.71. The summed E-state index contributed by atoms with van der Waals surface area (Å²) in [5.74, 6) is 0.430. The van der Waals surface area contributed by atoms with Crippen LogP contribution in [0, 0.1) is 10.1 Å². The summed E-state index contributed by atoms with van der Waals surface area (Å²) in [5, 5.41) is 10.8. The van der Waals surface area contributed by atoms with Crippen LogP contribution in [-0.4, -0.2) is 11.5 Å². The van der Waals surface area contributed by atoms with Crippen molar-refractivity contribution in [1.29, 1.82) is 0 Å². The third-order valence-electron chi connectivity index (χ3n) is 3.47. The highest BCUT2D eigenvalue weighted by atomic mass is 16.6. The molecule has 0 aliphatic rings. The van der Waals surface area contributed by atoms with E-state index in [-0.39, 0.29) is 10.6 Å². The van der Waals surface area contributed by atoms with Crippen molar-refractivity contribution in [3.63, 3.8) is 0 Å². The van der Waals surface area contributed by atoms with E-state index in [0.29, 0.717) is 12.5 Å². The van der Waals surface area contributed by atoms with Gasteiger partial charge in [0.1, 0.15) is 0 Å². The molecule has 4 nitrogen and oxygen atoms in total. The van der Waals surface area contributed by atoms with Crippen LogP contribution in [0.25, 0.3) is 11.1 Å². The van der Waals surface area contributed by atoms with Gasteiger partial charge in [-0.3, -0.25) is 10.1 Å². The minimum Gasteiger partial charge on any atom is -0.330 e. The minimum atomic E-state index is -0.374. The monoisotopic (exact) mass is 270 g/mol. The molecule has 2 N–H and O–H groups in total. The Morgan fingerprint density at radius 1 is 1.15 bits per heavy atom. The predicted molar refractivity (Wildman–Crippen MR) is 80.6 cm³/mol. The Labute approximate surface area is 118 Å². The van der Waals surface area contributed by atoms with Crippen molar-refractivity contribution < 1.29 is 4.92 Å². The van der Waals surface area contributed by atoms with Crippen molar-refractivity contribution in [2.75, 3.05) is 6.54 Å². The maximum Gasteiger partial charge on any atom is 0.270 e. The number of hydrogen-bond acceptors (Lipinski definition) is 3. The van der Waals surface area contributed by atoms with Gasteiger partial charge in [0.15, 0.2) is 0 Å². The van der Waals surface area contributed by atoms with Gasteiger partial charge in [-0.25, -0.2) is 0 Å². The fourth-order valence-corrected chi connectivity index (χ4v) is 2.22. The summed E-state index contributed by atoms with van der Waals surface area (Å²) in [7, 11) is 0. The van der Waals surface area contributed by atoms with Gasteiger partial charge in [-0.1, -0.05) is 43.3 Å². The summed E-state index contributed by atoms with van der Waals surface area (Å²) in [5.41, 5.74) is 8.77. The van der Waals surface area contributed by atoms with Crippen LogP contribution in [0.3, 0.4) is 0 Å². The van der Waals surface area contributed by atoms with Gasteiger partial charge in [0, 0.05) is 12.1 Å². The molecule has 0 bridgehead atoms. The molecule has 0 fully saturated rings. The van der Waals surface area contributed by atoms with Crippen molar-refractivity contribution in [1.82, 2.24) is 0 Å². The van der Waals surface area contributed by atoms with Crippen LogP contribution in [0.15, 0.2) is 48.5 Å². The molecule has 1 atom stereocenters. The average Bonchev–Trinajstić information content (AvgIpc) is 2.48. The van der Waals surface area contributed by atoms with E-state index in [9.17, 15) is 10.1 Å². The normalized spacial score (nSPS) is 12.1. The first-order valence-electron chi connectivity index (χ1n) is 6.66. The van der Waals surface area contributed by atoms with Gasteiger partial charge in [0.25, 0.3) is 5.69 Å². The van der Waals surface area contributed by atoms with Crippen LogP contribution in [0.2, 0.25) is 0 Å². The Hall–Kier alpha value is -2.20. The highest BCUT2D eigenvalue weighted by Crippen LogP contribution is 2.26. The smallest absolute Gasteiger partial charge is 0.270 e. The first-order valence-corrected chi connectivity index (χ1v) is 6.66. The number of benzene rings is 2. The first-order chi connectivity index (χ1) is 9.61. The molecule has 0 amide bonds. The molecule has 0 spiro atoms. The Kier molecular flexibility index (Phi) is 4.48. The summed E-state index contributed by atoms with van der Waals surface area (Å²) >= 11 is 0. The Balaban J connectivity index is 2.26. The maximum absolute atomic E-state index is 10.8. The van der Waals surface area contributed by atoms with E-state index >= 15 is 0 Å². The lowest BCUT2D eigenvalue weighted by molar-refractivity contribution is -0.384. The summed E-state index contributed by atoms with van der Waals surface area (Å²) < 4.78 is 0. The van der Waals surface area contributed by atoms with E-state index in [4.69, 9.17) is 5.73 Å². The fourth-order valence-electron chi connectivity index (χ4n) is 2.22. The van der Waals surface area contributed by atoms with Crippen molar-refractivity contribution >= 4 is 5.69 Å². The number of nitrogens with zero attached hydrogens (tertiary/aromatic N) is 1. The van der Waals surface area contributed by atoms with Gasteiger partial charge < -0.3 is 5.73 Å². The van der Waals surface area contributed by atoms with Crippen LogP contribution < -0.4 is 5.73 Å². The molecular weight excluding hydrogens is 252 g/mol. The van der Waals surface area contributed by atoms with Crippen LogP contribution in [0.5, 0.6) is 0 Å². The topological polar surface area (TPSA) is 69.2 Å². The number of hydrogen-bond donors (Lipinski definition) is 1. The lowest BCUT2D eigenvalue weighted by Gasteiger charge is -2.11. The second-order valence-corrected chi connectivity index (χ2v) is 4.91. The SMILES string of the molecule is CC(CCN)c1ccc(-c2cccc([N+](=O)[O-])c2)cc1. The summed E-state index contributed by atoms with van der Waals surface area (Å²) in [4.78, 5) is 10.4. The molecule has 0 saturated heterocycles. The lowest BCUT2D eigenvalue weighted by atomic mass is 9.95. The first kappa shape index (κ1) is 14.2. The quantitative estimate of drug-likeness (QED) is 0.665. The zero-order chi connectivity index (χ0) is 14.5. The summed E-state index contributed by atoms with van der Waals surface area (Å²) in [6.45, 7) is 2.82. The van der Waals surface area contributed by atoms with Crippen LogP contribution in [-0.2, 0) is 0 Å². The molecule has 0 saturated carbocycles. The number of nitro benzene ring substituents is 1. The Morgan fingerprint density at radius 2 is 1.85 bits per heavy atom. The highest BCUT2D eigenvalue weighted by Gasteiger charge is 2.08. The molecular formula is C16H18N2O2. The second kappa shape index (κ2) is 6.30. The third-order valence-corrected chi connectivity index (χ3v) is 3.47. The fraction of sp³-hybridized carbons (Fsp3) is 0.250. The summed E-state index contributed by atoms with van der Waals surface area (Å²) in [6.07, 6.45) is 0.955. The molecule has 1 unspecified atom stereocenters. The molecule has 0 aliphatic heterocycles. The minimum absolute atomic E-state index is 0.114. The summed E-state index contributed by atoms with van der Waals surface area (Å²) in [6, 6.07) is 14.8. The van der Waals surface area contributed by atoms with E-state index in [1.54, 1.807) is 12.1 Å². The number of non-ortho nitro benzene ring substituents is 1. The van der Waals surface area contributed by atoms with Gasteiger partial charge in [0.05, 0.1) is 4.92 Å². The number of nitro groups is 1. The van der Waals surface area contributed by atoms with Crippen LogP contribution in [0.1, 0.15) is 24.8 Å². The standard InChI is InChI=1S/C16H18N2O2/c1-12(9-10-17)13-5-7-14(8-6-13)15-3-2-4-16(11-15)18(19)20/h2-8,11-12H,9-10,17H2,1H3. The molecule has 2 aromatic carbocycles. The molecule has 0 radical (unpaired) electrons. The molecule has 4 heteroatoms. The third kappa shape index (κ3) is 3.22. The van der Waals surface area contributed by atoms with E-state index < -0.39 is 0 Å². The molecule has 0 heterocycles. The van der Waals surface area contributed by atoms with Gasteiger partial charge in [0.2, 0.25) is 0 Å². The van der Waals surface area contributed by atoms with Crippen molar-refractivity contribution in [2.24, 2.45) is 5.73 Å². The lowest BCUT2D eigenvalue weighted by Crippen LogP contribution is -2.04. The molecule has 0 aromatic heterocycles. The zero-order valence-corrected chi connectivity index (χ0v) is 11.5. The highest BCUT2D eigenvalue weighted by molar-refractivity contribution is 5.66. The zero-order valence-electron chi connectivity index (χ0n) is 11.5. The van der Waals surface area contributed by atoms with E-state index in [1.165, 1.54) is 11.6 Å². The Morgan fingerprint density at radius 3 is 2.45 bits per heavy atom. The molecule has 104 valence electrons. The van der Waals surface area contributed by atoms with Gasteiger partial charge in [-0.2, -0.15) is 0 Å². The van der Waals surface area contributed by atoms with Crippen LogP contribution >= 0.6 is 0 Å². The Bertz CT molecular complexity index is 594. The van der Waals surface area contributed by atoms with E-state index in [0.717, 1.165) is 17.5 Å². The average molecular weight is 270 g/mol. The van der Waals surface area contributed by atoms with Crippen molar-refractivity contribution in [2.45, 2.75) is 19.3 Å². The van der Waals surface area contributed by atoms with Gasteiger partial charge >= 0.3 is 0 Å². The molecule has 2 rings (SSSR count). The van der Waals surface area contributed by atoms with Gasteiger partial charge in [-0.05, 0) is 35.6 Å². The number of nitrogens with two attached hydrogens (primary N) is 1. The molecule has 20 heavy (non-hydrogen) atoms. The second-order valence-electron chi connectivity index (χ2n) is 4.91. The van der Waals surface area contributed by atoms with Crippen LogP contribution in [0.4, 0.5) is 5.69 Å². The van der Waals surface area contributed by atoms with Gasteiger partial charge in [-0.15, -0.1) is 0 Å². The van der Waals surface area contributed by atoms with Crippen molar-refractivity contribution in [3.05, 3.63) is 64.2 Å². The number of rotatable bonds is 5. The molecule has 0 aliphatic carbocycles. The largest absolute Gasteiger partial charge is 0.330 e. The van der Waals surface area contributed by atoms with E-state index in [2.05, 4.69) is 19.1 Å². The molecule has 2 aromatic rings. The van der Waals surface area contributed by atoms with Crippen molar-refractivity contribution in [3.8, 4) is 11.1 Å².